The first-order valence-electron chi connectivity index (χ1n) is 10.2. The van der Waals surface area contributed by atoms with Crippen LogP contribution >= 0.6 is 0 Å². The fourth-order valence-corrected chi connectivity index (χ4v) is 3.86. The Labute approximate surface area is 166 Å². The zero-order valence-corrected chi connectivity index (χ0v) is 17.0. The van der Waals surface area contributed by atoms with Gasteiger partial charge < -0.3 is 19.5 Å². The van der Waals surface area contributed by atoms with Crippen LogP contribution in [-0.2, 0) is 11.3 Å². The van der Waals surface area contributed by atoms with Gasteiger partial charge in [-0.3, -0.25) is 10.1 Å². The third-order valence-corrected chi connectivity index (χ3v) is 5.26. The van der Waals surface area contributed by atoms with Crippen LogP contribution in [0.2, 0.25) is 0 Å². The van der Waals surface area contributed by atoms with Crippen molar-refractivity contribution in [1.29, 1.82) is 0 Å². The van der Waals surface area contributed by atoms with Crippen molar-refractivity contribution in [2.24, 2.45) is 10.9 Å². The molecule has 0 radical (unpaired) electrons. The summed E-state index contributed by atoms with van der Waals surface area (Å²) in [6.07, 6.45) is 5.08. The molecule has 154 valence electrons. The maximum absolute atomic E-state index is 12.3. The molecule has 7 nitrogen and oxygen atoms in total. The average Bonchev–Trinajstić information content (AvgIpc) is 3.00. The molecule has 1 fully saturated rings. The van der Waals surface area contributed by atoms with Crippen LogP contribution in [0.5, 0.6) is 11.5 Å². The van der Waals surface area contributed by atoms with Crippen molar-refractivity contribution in [2.45, 2.75) is 58.5 Å². The van der Waals surface area contributed by atoms with Gasteiger partial charge in [0.1, 0.15) is 6.04 Å². The second-order valence-corrected chi connectivity index (χ2v) is 7.68. The number of ether oxygens (including phenoxy) is 2. The molecular weight excluding hydrogens is 358 g/mol. The number of aliphatic hydroxyl groups excluding tert-OH is 1. The second kappa shape index (κ2) is 9.28. The van der Waals surface area contributed by atoms with Gasteiger partial charge in [0, 0.05) is 12.2 Å². The predicted molar refractivity (Wildman–Crippen MR) is 108 cm³/mol. The summed E-state index contributed by atoms with van der Waals surface area (Å²) in [7, 11) is 1.64. The van der Waals surface area contributed by atoms with Crippen LogP contribution in [0.3, 0.4) is 0 Å². The Kier molecular flexibility index (Phi) is 6.78. The summed E-state index contributed by atoms with van der Waals surface area (Å²) in [6.45, 7) is 5.54. The lowest BCUT2D eigenvalue weighted by Crippen LogP contribution is -2.40. The zero-order chi connectivity index (χ0) is 20.1. The van der Waals surface area contributed by atoms with Gasteiger partial charge in [-0.2, -0.15) is 0 Å². The molecule has 1 amide bonds. The highest BCUT2D eigenvalue weighted by molar-refractivity contribution is 6.08. The van der Waals surface area contributed by atoms with Gasteiger partial charge in [0.25, 0.3) is 0 Å². The predicted octanol–water partition coefficient (Wildman–Crippen LogP) is 2.97. The van der Waals surface area contributed by atoms with E-state index in [1.165, 1.54) is 0 Å². The highest BCUT2D eigenvalue weighted by Gasteiger charge is 2.41. The summed E-state index contributed by atoms with van der Waals surface area (Å²) in [4.78, 5) is 19.0. The molecule has 1 aromatic rings. The lowest BCUT2D eigenvalue weighted by atomic mass is 10.0. The summed E-state index contributed by atoms with van der Waals surface area (Å²) < 4.78 is 11.7. The molecule has 0 bridgehead atoms. The molecule has 28 heavy (non-hydrogen) atoms. The van der Waals surface area contributed by atoms with Gasteiger partial charge in [-0.1, -0.05) is 33.1 Å². The molecule has 1 aromatic carbocycles. The summed E-state index contributed by atoms with van der Waals surface area (Å²) in [5, 5.41) is 11.7. The Hall–Kier alpha value is -2.28. The number of rotatable bonds is 10. The Morgan fingerprint density at radius 2 is 2.00 bits per heavy atom. The number of benzene rings is 1. The van der Waals surface area contributed by atoms with Crippen molar-refractivity contribution in [3.63, 3.8) is 0 Å². The topological polar surface area (TPSA) is 83.4 Å². The number of aliphatic imine (C=N–C) groups is 1. The molecule has 0 saturated carbocycles. The average molecular weight is 389 g/mol. The second-order valence-electron chi connectivity index (χ2n) is 7.68. The van der Waals surface area contributed by atoms with Crippen molar-refractivity contribution >= 4 is 17.6 Å². The van der Waals surface area contributed by atoms with E-state index in [0.29, 0.717) is 24.9 Å². The number of hydrogen-bond donors (Lipinski definition) is 2. The van der Waals surface area contributed by atoms with Crippen LogP contribution < -0.4 is 14.8 Å². The molecule has 0 spiro atoms. The molecule has 1 atom stereocenters. The van der Waals surface area contributed by atoms with Crippen LogP contribution in [0.15, 0.2) is 17.1 Å². The van der Waals surface area contributed by atoms with E-state index in [4.69, 9.17) is 14.6 Å². The maximum atomic E-state index is 12.3. The maximum Gasteiger partial charge on any atom is 0.249 e. The van der Waals surface area contributed by atoms with Crippen LogP contribution in [0, 0.1) is 5.92 Å². The van der Waals surface area contributed by atoms with Crippen LogP contribution in [0.25, 0.3) is 0 Å². The zero-order valence-electron chi connectivity index (χ0n) is 17.0. The minimum absolute atomic E-state index is 0.00167. The number of carbonyl (C=O) groups is 1. The molecule has 3 rings (SSSR count). The molecule has 1 unspecified atom stereocenters. The highest BCUT2D eigenvalue weighted by Crippen LogP contribution is 2.42. The van der Waals surface area contributed by atoms with Crippen LogP contribution in [0.1, 0.15) is 51.5 Å². The Morgan fingerprint density at radius 1 is 1.25 bits per heavy atom. The normalized spacial score (nSPS) is 17.9. The number of unbranched alkanes of at least 4 members (excludes halogenated alkanes) is 4. The van der Waals surface area contributed by atoms with E-state index >= 15 is 0 Å². The van der Waals surface area contributed by atoms with Gasteiger partial charge in [-0.05, 0) is 30.9 Å². The standard InChI is InChI=1S/C21H31N3O4/c1-14(2)18-20(26)23-21-22-16-9-10-17(19(27-3)15(16)13-24(18)21)28-12-8-6-4-5-7-11-25/h9-10,14,18,25H,4-8,11-13H2,1-3H3,(H,22,23,26). The van der Waals surface area contributed by atoms with Crippen LogP contribution in [-0.4, -0.2) is 48.2 Å². The van der Waals surface area contributed by atoms with Gasteiger partial charge in [0.2, 0.25) is 11.9 Å². The fourth-order valence-electron chi connectivity index (χ4n) is 3.86. The Morgan fingerprint density at radius 3 is 2.71 bits per heavy atom. The summed E-state index contributed by atoms with van der Waals surface area (Å²) in [5.74, 6) is 2.22. The number of carbonyl (C=O) groups excluding carboxylic acids is 1. The number of amides is 1. The number of nitrogens with zero attached hydrogens (tertiary/aromatic N) is 2. The molecule has 0 aromatic heterocycles. The summed E-state index contributed by atoms with van der Waals surface area (Å²) in [5.41, 5.74) is 1.76. The third-order valence-electron chi connectivity index (χ3n) is 5.26. The number of aliphatic hydroxyl groups is 1. The minimum Gasteiger partial charge on any atom is -0.492 e. The first kappa shape index (κ1) is 20.5. The Bertz CT molecular complexity index is 733. The lowest BCUT2D eigenvalue weighted by molar-refractivity contribution is -0.122. The third kappa shape index (κ3) is 4.24. The van der Waals surface area contributed by atoms with E-state index in [1.54, 1.807) is 7.11 Å². The number of hydrogen-bond acceptors (Lipinski definition) is 6. The van der Waals surface area contributed by atoms with Crippen molar-refractivity contribution in [2.75, 3.05) is 20.3 Å². The molecule has 2 aliphatic rings. The minimum atomic E-state index is -0.222. The smallest absolute Gasteiger partial charge is 0.249 e. The number of guanidine groups is 1. The molecular formula is C21H31N3O4. The van der Waals surface area contributed by atoms with E-state index in [2.05, 4.69) is 10.3 Å². The van der Waals surface area contributed by atoms with Crippen molar-refractivity contribution in [3.05, 3.63) is 17.7 Å². The molecule has 2 aliphatic heterocycles. The van der Waals surface area contributed by atoms with Crippen molar-refractivity contribution in [3.8, 4) is 11.5 Å². The quantitative estimate of drug-likeness (QED) is 0.601. The van der Waals surface area contributed by atoms with Crippen LogP contribution in [0.4, 0.5) is 5.69 Å². The number of fused-ring (bicyclic) bond motifs is 2. The van der Waals surface area contributed by atoms with E-state index in [9.17, 15) is 4.79 Å². The lowest BCUT2D eigenvalue weighted by Gasteiger charge is -2.30. The number of nitrogens with one attached hydrogen (secondary N) is 1. The summed E-state index contributed by atoms with van der Waals surface area (Å²) >= 11 is 0. The van der Waals surface area contributed by atoms with E-state index in [0.717, 1.165) is 49.1 Å². The first-order chi connectivity index (χ1) is 13.6. The monoisotopic (exact) mass is 389 g/mol. The van der Waals surface area contributed by atoms with E-state index in [-0.39, 0.29) is 24.5 Å². The fraction of sp³-hybridized carbons (Fsp3) is 0.619. The van der Waals surface area contributed by atoms with Gasteiger partial charge >= 0.3 is 0 Å². The van der Waals surface area contributed by atoms with Gasteiger partial charge in [0.05, 0.1) is 25.9 Å². The number of methoxy groups -OCH3 is 1. The van der Waals surface area contributed by atoms with E-state index < -0.39 is 0 Å². The van der Waals surface area contributed by atoms with Crippen molar-refractivity contribution < 1.29 is 19.4 Å². The largest absolute Gasteiger partial charge is 0.492 e. The van der Waals surface area contributed by atoms with Gasteiger partial charge in [-0.25, -0.2) is 4.99 Å². The molecule has 2 heterocycles. The Balaban J connectivity index is 1.69. The highest BCUT2D eigenvalue weighted by atomic mass is 16.5. The SMILES string of the molecule is COc1c(OCCCCCCCO)ccc2c1CN1C(=N2)NC(=O)C1C(C)C. The van der Waals surface area contributed by atoms with Gasteiger partial charge in [0.15, 0.2) is 11.5 Å². The molecule has 2 N–H and O–H groups in total. The molecule has 0 aliphatic carbocycles. The molecule has 7 heteroatoms. The first-order valence-corrected chi connectivity index (χ1v) is 10.2. The van der Waals surface area contributed by atoms with Gasteiger partial charge in [-0.15, -0.1) is 0 Å². The van der Waals surface area contributed by atoms with E-state index in [1.807, 2.05) is 30.9 Å². The molecule has 1 saturated heterocycles. The van der Waals surface area contributed by atoms with Crippen molar-refractivity contribution in [1.82, 2.24) is 10.2 Å². The summed E-state index contributed by atoms with van der Waals surface area (Å²) in [6, 6.07) is 3.59.